The fourth-order valence-electron chi connectivity index (χ4n) is 2.09. The first kappa shape index (κ1) is 9.69. The lowest BCUT2D eigenvalue weighted by molar-refractivity contribution is 0.0240. The second kappa shape index (κ2) is 4.11. The third kappa shape index (κ3) is 1.97. The van der Waals surface area contributed by atoms with Gasteiger partial charge in [0.1, 0.15) is 0 Å². The summed E-state index contributed by atoms with van der Waals surface area (Å²) in [5.74, 6) is 0. The number of nitrogens with one attached hydrogen (secondary N) is 1. The summed E-state index contributed by atoms with van der Waals surface area (Å²) >= 11 is 0. The third-order valence-electron chi connectivity index (χ3n) is 2.97. The fraction of sp³-hybridized carbons (Fsp3) is 0.500. The van der Waals surface area contributed by atoms with Gasteiger partial charge in [-0.15, -0.1) is 0 Å². The molecule has 1 atom stereocenters. The smallest absolute Gasteiger partial charge is 0.0909 e. The quantitative estimate of drug-likeness (QED) is 0.707. The summed E-state index contributed by atoms with van der Waals surface area (Å²) in [4.78, 5) is 0. The summed E-state index contributed by atoms with van der Waals surface area (Å²) in [6.45, 7) is 1.93. The van der Waals surface area contributed by atoms with E-state index in [1.807, 2.05) is 30.3 Å². The van der Waals surface area contributed by atoms with E-state index in [9.17, 15) is 5.11 Å². The lowest BCUT2D eigenvalue weighted by Gasteiger charge is -2.26. The minimum absolute atomic E-state index is 0.606. The van der Waals surface area contributed by atoms with E-state index in [1.54, 1.807) is 0 Å². The molecule has 1 aliphatic heterocycles. The van der Waals surface area contributed by atoms with Gasteiger partial charge < -0.3 is 10.4 Å². The molecule has 1 heterocycles. The van der Waals surface area contributed by atoms with Gasteiger partial charge in [0.25, 0.3) is 0 Å². The molecule has 1 aromatic rings. The predicted molar refractivity (Wildman–Crippen MR) is 57.1 cm³/mol. The van der Waals surface area contributed by atoms with E-state index < -0.39 is 5.60 Å². The molecule has 2 N–H and O–H groups in total. The van der Waals surface area contributed by atoms with Crippen molar-refractivity contribution in [1.82, 2.24) is 5.32 Å². The first-order chi connectivity index (χ1) is 6.81. The van der Waals surface area contributed by atoms with Gasteiger partial charge in [0.15, 0.2) is 0 Å². The molecule has 2 rings (SSSR count). The van der Waals surface area contributed by atoms with Crippen molar-refractivity contribution in [3.8, 4) is 0 Å². The summed E-state index contributed by atoms with van der Waals surface area (Å²) in [6.07, 6.45) is 2.73. The molecule has 0 aliphatic carbocycles. The Bertz CT molecular complexity index is 276. The first-order valence-electron chi connectivity index (χ1n) is 5.30. The average molecular weight is 191 g/mol. The standard InChI is InChI=1S/C12H17NO/c14-12(7-4-9-13-10-8-12)11-5-2-1-3-6-11/h1-3,5-6,13-14H,4,7-10H2. The van der Waals surface area contributed by atoms with Crippen LogP contribution >= 0.6 is 0 Å². The van der Waals surface area contributed by atoms with Crippen molar-refractivity contribution in [3.63, 3.8) is 0 Å². The highest BCUT2D eigenvalue weighted by Gasteiger charge is 2.29. The van der Waals surface area contributed by atoms with Gasteiger partial charge in [-0.1, -0.05) is 30.3 Å². The zero-order valence-electron chi connectivity index (χ0n) is 8.37. The Morgan fingerprint density at radius 2 is 1.86 bits per heavy atom. The van der Waals surface area contributed by atoms with Crippen LogP contribution < -0.4 is 5.32 Å². The maximum absolute atomic E-state index is 10.5. The van der Waals surface area contributed by atoms with Crippen molar-refractivity contribution in [2.75, 3.05) is 13.1 Å². The Balaban J connectivity index is 2.21. The normalized spacial score (nSPS) is 28.4. The highest BCUT2D eigenvalue weighted by molar-refractivity contribution is 5.22. The number of hydrogen-bond acceptors (Lipinski definition) is 2. The summed E-state index contributed by atoms with van der Waals surface area (Å²) in [5.41, 5.74) is 0.453. The van der Waals surface area contributed by atoms with Crippen LogP contribution in [0, 0.1) is 0 Å². The topological polar surface area (TPSA) is 32.3 Å². The van der Waals surface area contributed by atoms with Gasteiger partial charge >= 0.3 is 0 Å². The highest BCUT2D eigenvalue weighted by atomic mass is 16.3. The van der Waals surface area contributed by atoms with E-state index >= 15 is 0 Å². The molecule has 0 aromatic heterocycles. The first-order valence-corrected chi connectivity index (χ1v) is 5.30. The number of aliphatic hydroxyl groups is 1. The third-order valence-corrected chi connectivity index (χ3v) is 2.97. The molecule has 0 saturated carbocycles. The van der Waals surface area contributed by atoms with Crippen molar-refractivity contribution in [2.45, 2.75) is 24.9 Å². The second-order valence-corrected chi connectivity index (χ2v) is 4.00. The van der Waals surface area contributed by atoms with Gasteiger partial charge in [-0.25, -0.2) is 0 Å². The Kier molecular flexibility index (Phi) is 2.85. The summed E-state index contributed by atoms with van der Waals surface area (Å²) in [5, 5.41) is 13.8. The highest BCUT2D eigenvalue weighted by Crippen LogP contribution is 2.30. The van der Waals surface area contributed by atoms with Gasteiger partial charge in [-0.05, 0) is 37.9 Å². The Labute approximate surface area is 85.0 Å². The van der Waals surface area contributed by atoms with Crippen molar-refractivity contribution < 1.29 is 5.11 Å². The van der Waals surface area contributed by atoms with Crippen LogP contribution in [0.3, 0.4) is 0 Å². The number of rotatable bonds is 1. The van der Waals surface area contributed by atoms with Crippen LogP contribution in [-0.2, 0) is 5.60 Å². The van der Waals surface area contributed by atoms with Gasteiger partial charge in [0.05, 0.1) is 5.60 Å². The lowest BCUT2D eigenvalue weighted by Crippen LogP contribution is -2.26. The van der Waals surface area contributed by atoms with Crippen molar-refractivity contribution >= 4 is 0 Å². The van der Waals surface area contributed by atoms with E-state index in [0.29, 0.717) is 0 Å². The fourth-order valence-corrected chi connectivity index (χ4v) is 2.09. The van der Waals surface area contributed by atoms with Crippen molar-refractivity contribution in [2.24, 2.45) is 0 Å². The molecule has 1 fully saturated rings. The van der Waals surface area contributed by atoms with Crippen LogP contribution in [0.15, 0.2) is 30.3 Å². The average Bonchev–Trinajstić information content (AvgIpc) is 2.46. The molecule has 0 bridgehead atoms. The second-order valence-electron chi connectivity index (χ2n) is 4.00. The van der Waals surface area contributed by atoms with Crippen LogP contribution in [0.2, 0.25) is 0 Å². The van der Waals surface area contributed by atoms with E-state index in [4.69, 9.17) is 0 Å². The summed E-state index contributed by atoms with van der Waals surface area (Å²) in [7, 11) is 0. The maximum Gasteiger partial charge on any atom is 0.0909 e. The van der Waals surface area contributed by atoms with Crippen LogP contribution in [0.1, 0.15) is 24.8 Å². The Hall–Kier alpha value is -0.860. The maximum atomic E-state index is 10.5. The van der Waals surface area contributed by atoms with Gasteiger partial charge in [0.2, 0.25) is 0 Å². The van der Waals surface area contributed by atoms with Gasteiger partial charge in [-0.2, -0.15) is 0 Å². The molecule has 1 aromatic carbocycles. The van der Waals surface area contributed by atoms with Crippen LogP contribution in [0.5, 0.6) is 0 Å². The van der Waals surface area contributed by atoms with Crippen molar-refractivity contribution in [3.05, 3.63) is 35.9 Å². The minimum Gasteiger partial charge on any atom is -0.385 e. The van der Waals surface area contributed by atoms with E-state index in [2.05, 4.69) is 5.32 Å². The monoisotopic (exact) mass is 191 g/mol. The molecule has 0 radical (unpaired) electrons. The molecule has 76 valence electrons. The lowest BCUT2D eigenvalue weighted by atomic mass is 9.87. The van der Waals surface area contributed by atoms with Crippen LogP contribution in [0.25, 0.3) is 0 Å². The number of benzene rings is 1. The van der Waals surface area contributed by atoms with Crippen LogP contribution in [0.4, 0.5) is 0 Å². The summed E-state index contributed by atoms with van der Waals surface area (Å²) in [6, 6.07) is 10.0. The van der Waals surface area contributed by atoms with E-state index in [0.717, 1.165) is 37.9 Å². The largest absolute Gasteiger partial charge is 0.385 e. The molecule has 0 amide bonds. The number of hydrogen-bond donors (Lipinski definition) is 2. The predicted octanol–water partition coefficient (Wildman–Crippen LogP) is 1.65. The molecule has 2 nitrogen and oxygen atoms in total. The van der Waals surface area contributed by atoms with Crippen LogP contribution in [-0.4, -0.2) is 18.2 Å². The van der Waals surface area contributed by atoms with E-state index in [1.165, 1.54) is 0 Å². The minimum atomic E-state index is -0.606. The van der Waals surface area contributed by atoms with E-state index in [-0.39, 0.29) is 0 Å². The molecule has 1 saturated heterocycles. The zero-order valence-corrected chi connectivity index (χ0v) is 8.37. The summed E-state index contributed by atoms with van der Waals surface area (Å²) < 4.78 is 0. The van der Waals surface area contributed by atoms with Gasteiger partial charge in [-0.3, -0.25) is 0 Å². The Morgan fingerprint density at radius 3 is 2.64 bits per heavy atom. The molecule has 14 heavy (non-hydrogen) atoms. The zero-order chi connectivity index (χ0) is 9.86. The molecule has 1 aliphatic rings. The molecule has 0 spiro atoms. The molecule has 1 unspecified atom stereocenters. The molecular formula is C12H17NO. The molecule has 2 heteroatoms. The van der Waals surface area contributed by atoms with Crippen molar-refractivity contribution in [1.29, 1.82) is 0 Å². The van der Waals surface area contributed by atoms with Gasteiger partial charge in [0, 0.05) is 0 Å². The Morgan fingerprint density at radius 1 is 1.07 bits per heavy atom. The molecular weight excluding hydrogens is 174 g/mol. The SMILES string of the molecule is OC1(c2ccccc2)CCCNCC1.